The van der Waals surface area contributed by atoms with Gasteiger partial charge < -0.3 is 14.4 Å². The fourth-order valence-electron chi connectivity index (χ4n) is 5.36. The predicted octanol–water partition coefficient (Wildman–Crippen LogP) is 5.90. The highest BCUT2D eigenvalue weighted by molar-refractivity contribution is 5.97. The van der Waals surface area contributed by atoms with Crippen LogP contribution in [0.4, 0.5) is 5.69 Å². The quantitative estimate of drug-likeness (QED) is 0.228. The van der Waals surface area contributed by atoms with Crippen molar-refractivity contribution in [2.75, 3.05) is 13.1 Å². The van der Waals surface area contributed by atoms with Crippen LogP contribution in [0.3, 0.4) is 0 Å². The number of carbonyl (C=O) groups is 2. The van der Waals surface area contributed by atoms with Gasteiger partial charge in [0.05, 0.1) is 11.5 Å². The van der Waals surface area contributed by atoms with Gasteiger partial charge in [-0.25, -0.2) is 0 Å². The molecule has 0 radical (unpaired) electrons. The Labute approximate surface area is 230 Å². The maximum atomic E-state index is 14.0. The highest BCUT2D eigenvalue weighted by Crippen LogP contribution is 2.25. The number of rotatable bonds is 11. The second-order valence-corrected chi connectivity index (χ2v) is 10.8. The summed E-state index contributed by atoms with van der Waals surface area (Å²) in [5, 5.41) is 11.3. The van der Waals surface area contributed by atoms with Crippen molar-refractivity contribution in [1.82, 2.24) is 14.4 Å². The summed E-state index contributed by atoms with van der Waals surface area (Å²) < 4.78 is 2.18. The first-order chi connectivity index (χ1) is 18.8. The lowest BCUT2D eigenvalue weighted by Gasteiger charge is -2.36. The third-order valence-corrected chi connectivity index (χ3v) is 7.29. The lowest BCUT2D eigenvalue weighted by atomic mass is 9.94. The summed E-state index contributed by atoms with van der Waals surface area (Å²) in [6.45, 7) is 5.51. The number of hydrogen-bond donors (Lipinski definition) is 0. The van der Waals surface area contributed by atoms with Crippen LogP contribution in [0.15, 0.2) is 72.9 Å². The van der Waals surface area contributed by atoms with Gasteiger partial charge in [0.15, 0.2) is 0 Å². The van der Waals surface area contributed by atoms with E-state index in [1.807, 2.05) is 49.2 Å². The van der Waals surface area contributed by atoms with Crippen molar-refractivity contribution in [3.05, 3.63) is 99.9 Å². The van der Waals surface area contributed by atoms with Crippen LogP contribution in [0.1, 0.15) is 67.6 Å². The minimum Gasteiger partial charge on any atom is -0.345 e. The normalized spacial score (nSPS) is 13.8. The smallest absolute Gasteiger partial charge is 0.270 e. The van der Waals surface area contributed by atoms with Gasteiger partial charge in [-0.15, -0.1) is 0 Å². The van der Waals surface area contributed by atoms with Gasteiger partial charge in [0.2, 0.25) is 5.91 Å². The molecule has 1 saturated carbocycles. The standard InChI is InChI=1S/C31H38N4O4/c1-24(2)20-33(31(37)26-13-9-16-28(19-26)35(38)39)23-30(36)34(27-14-7-4-8-15-27)22-29-17-10-18-32(29)21-25-11-5-3-6-12-25/h3,5-6,9-13,16-19,24,27H,4,7-8,14-15,20-23H2,1-2H3. The molecule has 206 valence electrons. The van der Waals surface area contributed by atoms with Gasteiger partial charge >= 0.3 is 0 Å². The highest BCUT2D eigenvalue weighted by Gasteiger charge is 2.29. The molecule has 0 N–H and O–H groups in total. The molecule has 8 nitrogen and oxygen atoms in total. The summed E-state index contributed by atoms with van der Waals surface area (Å²) >= 11 is 0. The van der Waals surface area contributed by atoms with E-state index in [1.165, 1.54) is 30.2 Å². The number of nitro benzene ring substituents is 1. The fourth-order valence-corrected chi connectivity index (χ4v) is 5.36. The Morgan fingerprint density at radius 1 is 1.00 bits per heavy atom. The number of aromatic nitrogens is 1. The molecule has 0 spiro atoms. The van der Waals surface area contributed by atoms with Gasteiger partial charge in [-0.1, -0.05) is 69.5 Å². The molecule has 0 unspecified atom stereocenters. The number of non-ortho nitro benzene ring substituents is 1. The number of benzene rings is 2. The minimum absolute atomic E-state index is 0.0599. The van der Waals surface area contributed by atoms with Crippen LogP contribution < -0.4 is 0 Å². The van der Waals surface area contributed by atoms with E-state index in [-0.39, 0.29) is 41.6 Å². The van der Waals surface area contributed by atoms with E-state index in [9.17, 15) is 19.7 Å². The Bertz CT molecular complexity index is 1260. The monoisotopic (exact) mass is 530 g/mol. The van der Waals surface area contributed by atoms with Gasteiger partial charge in [0.25, 0.3) is 11.6 Å². The van der Waals surface area contributed by atoms with Crippen LogP contribution in [0.25, 0.3) is 0 Å². The molecule has 0 atom stereocenters. The number of nitrogens with zero attached hydrogens (tertiary/aromatic N) is 4. The Morgan fingerprint density at radius 3 is 2.44 bits per heavy atom. The third kappa shape index (κ3) is 7.56. The fraction of sp³-hybridized carbons (Fsp3) is 0.419. The molecule has 3 aromatic rings. The van der Waals surface area contributed by atoms with Crippen LogP contribution in [-0.2, 0) is 17.9 Å². The number of carbonyl (C=O) groups excluding carboxylic acids is 2. The first kappa shape index (κ1) is 28.1. The van der Waals surface area contributed by atoms with Gasteiger partial charge in [-0.05, 0) is 42.5 Å². The largest absolute Gasteiger partial charge is 0.345 e. The molecule has 1 heterocycles. The van der Waals surface area contributed by atoms with Crippen LogP contribution in [0, 0.1) is 16.0 Å². The van der Waals surface area contributed by atoms with Crippen LogP contribution in [0.2, 0.25) is 0 Å². The van der Waals surface area contributed by atoms with Crippen molar-refractivity contribution in [2.45, 2.75) is 65.1 Å². The zero-order chi connectivity index (χ0) is 27.8. The summed E-state index contributed by atoms with van der Waals surface area (Å²) in [6.07, 6.45) is 7.29. The first-order valence-corrected chi connectivity index (χ1v) is 13.8. The molecule has 2 amide bonds. The van der Waals surface area contributed by atoms with Gasteiger partial charge in [0, 0.05) is 48.7 Å². The van der Waals surface area contributed by atoms with E-state index >= 15 is 0 Å². The predicted molar refractivity (Wildman–Crippen MR) is 151 cm³/mol. The van der Waals surface area contributed by atoms with Crippen LogP contribution in [0.5, 0.6) is 0 Å². The van der Waals surface area contributed by atoms with Gasteiger partial charge in [0.1, 0.15) is 6.54 Å². The molecule has 1 aliphatic carbocycles. The lowest BCUT2D eigenvalue weighted by molar-refractivity contribution is -0.384. The van der Waals surface area contributed by atoms with E-state index in [1.54, 1.807) is 11.0 Å². The Kier molecular flexibility index (Phi) is 9.52. The van der Waals surface area contributed by atoms with Crippen LogP contribution >= 0.6 is 0 Å². The van der Waals surface area contributed by atoms with Crippen molar-refractivity contribution >= 4 is 17.5 Å². The number of nitro groups is 1. The molecule has 1 aliphatic rings. The Balaban J connectivity index is 1.57. The van der Waals surface area contributed by atoms with Crippen molar-refractivity contribution in [2.24, 2.45) is 5.92 Å². The maximum Gasteiger partial charge on any atom is 0.270 e. The van der Waals surface area contributed by atoms with Gasteiger partial charge in [-0.3, -0.25) is 19.7 Å². The molecule has 0 bridgehead atoms. The molecule has 1 fully saturated rings. The molecule has 2 aromatic carbocycles. The minimum atomic E-state index is -0.510. The van der Waals surface area contributed by atoms with E-state index < -0.39 is 4.92 Å². The molecular formula is C31H38N4O4. The van der Waals surface area contributed by atoms with Crippen molar-refractivity contribution in [3.8, 4) is 0 Å². The average Bonchev–Trinajstić information content (AvgIpc) is 3.38. The average molecular weight is 531 g/mol. The summed E-state index contributed by atoms with van der Waals surface area (Å²) in [5.74, 6) is -0.322. The van der Waals surface area contributed by atoms with Crippen molar-refractivity contribution < 1.29 is 14.5 Å². The highest BCUT2D eigenvalue weighted by atomic mass is 16.6. The van der Waals surface area contributed by atoms with Crippen molar-refractivity contribution in [1.29, 1.82) is 0 Å². The Hall–Kier alpha value is -3.94. The number of hydrogen-bond acceptors (Lipinski definition) is 4. The van der Waals surface area contributed by atoms with Crippen LogP contribution in [-0.4, -0.2) is 50.2 Å². The summed E-state index contributed by atoms with van der Waals surface area (Å²) in [7, 11) is 0. The molecule has 8 heteroatoms. The van der Waals surface area contributed by atoms with E-state index in [0.717, 1.165) is 37.9 Å². The van der Waals surface area contributed by atoms with Crippen molar-refractivity contribution in [3.63, 3.8) is 0 Å². The Morgan fingerprint density at radius 2 is 1.74 bits per heavy atom. The zero-order valence-electron chi connectivity index (χ0n) is 22.9. The molecular weight excluding hydrogens is 492 g/mol. The third-order valence-electron chi connectivity index (χ3n) is 7.29. The van der Waals surface area contributed by atoms with E-state index in [0.29, 0.717) is 13.1 Å². The second-order valence-electron chi connectivity index (χ2n) is 10.8. The molecule has 0 aliphatic heterocycles. The number of amides is 2. The first-order valence-electron chi connectivity index (χ1n) is 13.8. The molecule has 4 rings (SSSR count). The maximum absolute atomic E-state index is 14.0. The van der Waals surface area contributed by atoms with E-state index in [4.69, 9.17) is 0 Å². The van der Waals surface area contributed by atoms with E-state index in [2.05, 4.69) is 22.8 Å². The topological polar surface area (TPSA) is 88.7 Å². The second kappa shape index (κ2) is 13.2. The summed E-state index contributed by atoms with van der Waals surface area (Å²) in [6, 6.07) is 20.2. The molecule has 1 aromatic heterocycles. The zero-order valence-corrected chi connectivity index (χ0v) is 22.9. The van der Waals surface area contributed by atoms with Gasteiger partial charge in [-0.2, -0.15) is 0 Å². The summed E-state index contributed by atoms with van der Waals surface area (Å²) in [4.78, 5) is 41.7. The molecule has 39 heavy (non-hydrogen) atoms. The SMILES string of the molecule is CC(C)CN(CC(=O)N(Cc1cccn1Cc1ccccc1)C1CCCCC1)C(=O)c1cccc([N+](=O)[O-])c1. The lowest BCUT2D eigenvalue weighted by Crippen LogP contribution is -2.48. The molecule has 0 saturated heterocycles. The summed E-state index contributed by atoms with van der Waals surface area (Å²) in [5.41, 5.74) is 2.33.